The van der Waals surface area contributed by atoms with E-state index in [-0.39, 0.29) is 0 Å². The third-order valence-corrected chi connectivity index (χ3v) is 8.62. The fraction of sp³-hybridized carbons (Fsp3) is 0.778. The maximum absolute atomic E-state index is 14.5. The molecule has 0 aliphatic heterocycles. The van der Waals surface area contributed by atoms with Crippen LogP contribution in [-0.2, 0) is 0 Å². The first-order valence-corrected chi connectivity index (χ1v) is 7.59. The van der Waals surface area contributed by atoms with Crippen molar-refractivity contribution in [2.24, 2.45) is 0 Å². The van der Waals surface area contributed by atoms with E-state index in [2.05, 4.69) is 0 Å². The minimum atomic E-state index is -5.46. The van der Waals surface area contributed by atoms with Crippen LogP contribution in [-0.4, -0.2) is 24.7 Å². The average molecular weight is 268 g/mol. The number of alkyl halides is 3. The molecule has 0 atom stereocenters. The summed E-state index contributed by atoms with van der Waals surface area (Å²) in [4.78, 5) is 0. The molecule has 0 amide bonds. The zero-order chi connectivity index (χ0) is 13.2. The number of hydrogen-bond acceptors (Lipinski definition) is 0. The van der Waals surface area contributed by atoms with Crippen LogP contribution >= 0.6 is 6.91 Å². The van der Waals surface area contributed by atoms with Gasteiger partial charge in [-0.3, -0.25) is 0 Å². The molecule has 0 aromatic heterocycles. The van der Waals surface area contributed by atoms with Crippen molar-refractivity contribution in [3.05, 3.63) is 11.4 Å². The van der Waals surface area contributed by atoms with Crippen LogP contribution < -0.4 is 0 Å². The van der Waals surface area contributed by atoms with Crippen molar-refractivity contribution in [3.8, 4) is 0 Å². The summed E-state index contributed by atoms with van der Waals surface area (Å²) in [5, 5.41) is 0. The van der Waals surface area contributed by atoms with Gasteiger partial charge in [-0.25, -0.2) is 0 Å². The second kappa shape index (κ2) is 4.55. The van der Waals surface area contributed by atoms with E-state index >= 15 is 0 Å². The van der Waals surface area contributed by atoms with Crippen molar-refractivity contribution in [2.45, 2.75) is 26.9 Å². The quantitative estimate of drug-likeness (QED) is 0.488. The Balaban J connectivity index is 5.78. The summed E-state index contributed by atoms with van der Waals surface area (Å²) >= 11 is 0. The molecule has 0 aliphatic carbocycles. The van der Waals surface area contributed by atoms with Crippen molar-refractivity contribution in [2.75, 3.05) is 18.5 Å². The zero-order valence-electron chi connectivity index (χ0n) is 9.34. The van der Waals surface area contributed by atoms with Crippen LogP contribution in [0.5, 0.6) is 0 Å². The van der Waals surface area contributed by atoms with Gasteiger partial charge in [0, 0.05) is 0 Å². The Hall–Kier alpha value is -0.250. The van der Waals surface area contributed by atoms with Gasteiger partial charge in [-0.05, 0) is 0 Å². The molecule has 0 aromatic rings. The fourth-order valence-corrected chi connectivity index (χ4v) is 4.24. The number of hydrogen-bond donors (Lipinski definition) is 0. The van der Waals surface area contributed by atoms with Crippen molar-refractivity contribution < 1.29 is 26.1 Å². The molecule has 0 nitrogen and oxygen atoms in total. The first kappa shape index (κ1) is 15.8. The number of halogens is 6. The Kier molecular flexibility index (Phi) is 4.48. The van der Waals surface area contributed by atoms with Gasteiger partial charge in [0.1, 0.15) is 0 Å². The summed E-state index contributed by atoms with van der Waals surface area (Å²) in [6.45, 7) is -1.12. The summed E-state index contributed by atoms with van der Waals surface area (Å²) in [5.74, 6) is -2.92. The van der Waals surface area contributed by atoms with E-state index in [4.69, 9.17) is 0 Å². The van der Waals surface area contributed by atoms with Crippen LogP contribution in [0.4, 0.5) is 26.1 Å². The van der Waals surface area contributed by atoms with E-state index in [1.165, 1.54) is 20.8 Å². The summed E-state index contributed by atoms with van der Waals surface area (Å²) in [6.07, 6.45) is -6.73. The number of rotatable bonds is 4. The minimum absolute atomic E-state index is 0.423. The van der Waals surface area contributed by atoms with Gasteiger partial charge in [0.05, 0.1) is 0 Å². The van der Waals surface area contributed by atoms with Gasteiger partial charge in [-0.1, -0.05) is 0 Å². The van der Waals surface area contributed by atoms with Crippen molar-refractivity contribution in [3.63, 3.8) is 0 Å². The van der Waals surface area contributed by atoms with Crippen LogP contribution in [0.25, 0.3) is 0 Å². The van der Waals surface area contributed by atoms with Gasteiger partial charge in [0.2, 0.25) is 0 Å². The molecule has 0 unspecified atom stereocenters. The average Bonchev–Trinajstić information content (AvgIpc) is 2.25. The molecular formula is C9H15F6P. The normalized spacial score (nSPS) is 17.7. The monoisotopic (exact) mass is 268 g/mol. The van der Waals surface area contributed by atoms with E-state index in [9.17, 15) is 26.1 Å². The SMILES string of the molecule is CCP(F)(CC)(CC)/C(F)=C(\F)C(F)(F)F. The van der Waals surface area contributed by atoms with Crippen LogP contribution in [0, 0.1) is 0 Å². The topological polar surface area (TPSA) is 0 Å². The standard InChI is InChI=1S/C9H15F6P/c1-4-16(15,5-2,6-3)8(11)7(10)9(12,13)14/h4-6H2,1-3H3/b8-7-. The maximum atomic E-state index is 14.5. The molecule has 0 radical (unpaired) electrons. The fourth-order valence-electron chi connectivity index (χ4n) is 1.45. The second-order valence-corrected chi connectivity index (χ2v) is 9.11. The molecule has 0 saturated carbocycles. The van der Waals surface area contributed by atoms with Crippen LogP contribution in [0.1, 0.15) is 20.8 Å². The second-order valence-electron chi connectivity index (χ2n) is 3.64. The molecule has 0 spiro atoms. The van der Waals surface area contributed by atoms with Crippen LogP contribution in [0.2, 0.25) is 0 Å². The van der Waals surface area contributed by atoms with Crippen LogP contribution in [0.15, 0.2) is 11.4 Å². The molecule has 0 heterocycles. The molecular weight excluding hydrogens is 253 g/mol. The van der Waals surface area contributed by atoms with Crippen molar-refractivity contribution in [1.29, 1.82) is 0 Å². The predicted molar refractivity (Wildman–Crippen MR) is 54.9 cm³/mol. The molecule has 0 N–H and O–H groups in total. The van der Waals surface area contributed by atoms with E-state index in [1.807, 2.05) is 0 Å². The van der Waals surface area contributed by atoms with E-state index in [1.54, 1.807) is 0 Å². The molecule has 16 heavy (non-hydrogen) atoms. The third-order valence-electron chi connectivity index (χ3n) is 3.10. The van der Waals surface area contributed by atoms with Gasteiger partial charge < -0.3 is 0 Å². The predicted octanol–water partition coefficient (Wildman–Crippen LogP) is 5.15. The first-order chi connectivity index (χ1) is 7.05. The van der Waals surface area contributed by atoms with Gasteiger partial charge >= 0.3 is 89.9 Å². The molecule has 0 bridgehead atoms. The Morgan fingerprint density at radius 2 is 1.25 bits per heavy atom. The Bertz CT molecular complexity index is 278. The molecule has 0 fully saturated rings. The zero-order valence-corrected chi connectivity index (χ0v) is 10.2. The number of allylic oxidation sites excluding steroid dienone is 1. The first-order valence-electron chi connectivity index (χ1n) is 4.91. The van der Waals surface area contributed by atoms with E-state index in [0.717, 1.165) is 0 Å². The molecule has 0 aromatic carbocycles. The summed E-state index contributed by atoms with van der Waals surface area (Å²) < 4.78 is 76.7. The summed E-state index contributed by atoms with van der Waals surface area (Å²) in [6, 6.07) is 0. The van der Waals surface area contributed by atoms with Crippen molar-refractivity contribution in [1.82, 2.24) is 0 Å². The molecule has 0 saturated heterocycles. The Morgan fingerprint density at radius 1 is 0.938 bits per heavy atom. The Morgan fingerprint density at radius 3 is 1.44 bits per heavy atom. The third kappa shape index (κ3) is 2.53. The molecule has 7 heteroatoms. The van der Waals surface area contributed by atoms with Gasteiger partial charge in [0.25, 0.3) is 0 Å². The van der Waals surface area contributed by atoms with E-state index in [0.29, 0.717) is 0 Å². The van der Waals surface area contributed by atoms with Gasteiger partial charge in [-0.2, -0.15) is 0 Å². The molecule has 0 rings (SSSR count). The van der Waals surface area contributed by atoms with E-state index < -0.39 is 43.0 Å². The molecule has 0 aliphatic rings. The van der Waals surface area contributed by atoms with Crippen LogP contribution in [0.3, 0.4) is 0 Å². The van der Waals surface area contributed by atoms with Gasteiger partial charge in [0.15, 0.2) is 0 Å². The summed E-state index contributed by atoms with van der Waals surface area (Å²) in [7, 11) is 0. The van der Waals surface area contributed by atoms with Gasteiger partial charge in [-0.15, -0.1) is 0 Å². The molecule has 98 valence electrons. The Labute approximate surface area is 90.8 Å². The van der Waals surface area contributed by atoms with Crippen molar-refractivity contribution >= 4 is 6.91 Å². The summed E-state index contributed by atoms with van der Waals surface area (Å²) in [5.41, 5.74) is -2.22.